The molecule has 1 nitrogen and oxygen atoms in total. The minimum Gasteiger partial charge on any atom is -0.748 e. The molecular formula is C42H47FeNP2-6. The standard InChI is InChI=1S/C35H35P2.C5H5.C2H7N.Fe/c1-25-19-26(2)22-32(21-25)36(33-23-27(3)20-28(4)24-33)29(5)34-17-12-18-35(34)37(30-13-8-6-9-14-30)31-15-10-7-11-16-31;1-2-4-5-3-1;1-3-2;/h6-24,29H,1-5H3;1-5H;3H,1-2H3;/q-1;-5;;. The van der Waals surface area contributed by atoms with Crippen LogP contribution in [0.4, 0.5) is 0 Å². The maximum atomic E-state index is 2.75. The third kappa shape index (κ3) is 10.2. The summed E-state index contributed by atoms with van der Waals surface area (Å²) in [6, 6.07) is 53.5. The summed E-state index contributed by atoms with van der Waals surface area (Å²) in [4.78, 5) is 0. The molecule has 1 unspecified atom stereocenters. The van der Waals surface area contributed by atoms with Crippen LogP contribution in [-0.2, 0) is 17.1 Å². The Labute approximate surface area is 291 Å². The van der Waals surface area contributed by atoms with E-state index in [4.69, 9.17) is 0 Å². The number of nitrogens with one attached hydrogen (secondary N) is 1. The van der Waals surface area contributed by atoms with Crippen molar-refractivity contribution < 1.29 is 17.1 Å². The Hall–Kier alpha value is -3.08. The van der Waals surface area contributed by atoms with Gasteiger partial charge in [-0.3, -0.25) is 0 Å². The van der Waals surface area contributed by atoms with Crippen LogP contribution in [0.1, 0.15) is 40.4 Å². The van der Waals surface area contributed by atoms with E-state index < -0.39 is 15.8 Å². The largest absolute Gasteiger partial charge is 0.748 e. The molecule has 0 bridgehead atoms. The van der Waals surface area contributed by atoms with Crippen molar-refractivity contribution in [2.45, 2.75) is 40.3 Å². The second-order valence-corrected chi connectivity index (χ2v) is 16.3. The van der Waals surface area contributed by atoms with Gasteiger partial charge in [0.05, 0.1) is 0 Å². The van der Waals surface area contributed by atoms with Crippen LogP contribution in [0.25, 0.3) is 0 Å². The second-order valence-electron chi connectivity index (χ2n) is 11.6. The van der Waals surface area contributed by atoms with Crippen LogP contribution in [0.2, 0.25) is 0 Å². The minimum absolute atomic E-state index is 0. The van der Waals surface area contributed by atoms with Gasteiger partial charge in [-0.2, -0.15) is 6.07 Å². The molecule has 0 amide bonds. The molecule has 0 aliphatic carbocycles. The average molecular weight is 684 g/mol. The third-order valence-corrected chi connectivity index (χ3v) is 12.7. The van der Waals surface area contributed by atoms with Crippen LogP contribution in [0.3, 0.4) is 0 Å². The summed E-state index contributed by atoms with van der Waals surface area (Å²) in [7, 11) is 2.51. The Morgan fingerprint density at radius 3 is 1.28 bits per heavy atom. The smallest absolute Gasteiger partial charge is 0 e. The maximum Gasteiger partial charge on any atom is 0 e. The summed E-state index contributed by atoms with van der Waals surface area (Å²) < 4.78 is 0. The molecule has 0 saturated heterocycles. The number of hydrogen-bond acceptors (Lipinski definition) is 1. The number of aryl methyl sites for hydroxylation is 4. The van der Waals surface area contributed by atoms with Crippen molar-refractivity contribution in [1.29, 1.82) is 0 Å². The Bertz CT molecular complexity index is 1560. The predicted octanol–water partition coefficient (Wildman–Crippen LogP) is 8.83. The van der Waals surface area contributed by atoms with E-state index in [0.29, 0.717) is 5.66 Å². The zero-order valence-electron chi connectivity index (χ0n) is 28.2. The number of hydrogen-bond donors (Lipinski definition) is 1. The molecule has 0 aliphatic rings. The summed E-state index contributed by atoms with van der Waals surface area (Å²) in [5, 5.41) is 10.00. The van der Waals surface area contributed by atoms with Gasteiger partial charge in [-0.1, -0.05) is 126 Å². The van der Waals surface area contributed by atoms with Gasteiger partial charge in [-0.25, -0.2) is 12.1 Å². The molecule has 244 valence electrons. The van der Waals surface area contributed by atoms with Gasteiger partial charge in [0.15, 0.2) is 0 Å². The molecule has 0 aliphatic heterocycles. The quantitative estimate of drug-likeness (QED) is 0.101. The Morgan fingerprint density at radius 1 is 0.543 bits per heavy atom. The van der Waals surface area contributed by atoms with Gasteiger partial charge in [0, 0.05) is 17.1 Å². The zero-order valence-corrected chi connectivity index (χ0v) is 31.1. The summed E-state index contributed by atoms with van der Waals surface area (Å²) in [6.07, 6.45) is 0. The average Bonchev–Trinajstić information content (AvgIpc) is 3.75. The van der Waals surface area contributed by atoms with Gasteiger partial charge in [0.1, 0.15) is 0 Å². The van der Waals surface area contributed by atoms with Crippen molar-refractivity contribution in [2.24, 2.45) is 0 Å². The molecule has 6 aromatic rings. The fraction of sp³-hybridized carbons (Fsp3) is 0.190. The van der Waals surface area contributed by atoms with Crippen molar-refractivity contribution in [3.05, 3.63) is 173 Å². The van der Waals surface area contributed by atoms with Gasteiger partial charge in [-0.05, 0) is 84.5 Å². The Balaban J connectivity index is 0.000000567. The molecule has 0 heterocycles. The van der Waals surface area contributed by atoms with Crippen LogP contribution < -0.4 is 31.8 Å². The number of rotatable bonds is 7. The fourth-order valence-corrected chi connectivity index (χ4v) is 11.5. The van der Waals surface area contributed by atoms with Crippen molar-refractivity contribution in [3.8, 4) is 0 Å². The molecule has 6 rings (SSSR count). The Kier molecular flexibility index (Phi) is 15.4. The molecule has 0 aromatic heterocycles. The van der Waals surface area contributed by atoms with E-state index in [1.54, 1.807) is 0 Å². The van der Waals surface area contributed by atoms with E-state index in [2.05, 4.69) is 155 Å². The zero-order chi connectivity index (χ0) is 32.2. The molecule has 0 spiro atoms. The van der Waals surface area contributed by atoms with Crippen molar-refractivity contribution in [3.63, 3.8) is 0 Å². The molecule has 1 atom stereocenters. The van der Waals surface area contributed by atoms with Crippen molar-refractivity contribution >= 4 is 42.4 Å². The fourth-order valence-electron chi connectivity index (χ4n) is 5.80. The third-order valence-electron chi connectivity index (χ3n) is 7.46. The summed E-state index contributed by atoms with van der Waals surface area (Å²) in [5.41, 5.74) is 7.26. The molecule has 0 radical (unpaired) electrons. The topological polar surface area (TPSA) is 12.0 Å². The summed E-state index contributed by atoms with van der Waals surface area (Å²) in [6.45, 7) is 11.4. The maximum absolute atomic E-state index is 2.75. The number of benzene rings is 4. The molecule has 0 saturated carbocycles. The SMILES string of the molecule is CNC.Cc1cc(C)cc(P(c2cc(C)cc(C)c2)C(C)[c-]2cccc2P(c2ccccc2)c2ccccc2)c1.[Fe].[cH-]1[cH-][cH-][cH-][cH-]1. The first kappa shape index (κ1) is 37.4. The first-order valence-electron chi connectivity index (χ1n) is 15.7. The molecular weight excluding hydrogens is 636 g/mol. The van der Waals surface area contributed by atoms with Gasteiger partial charge in [-0.15, -0.1) is 10.9 Å². The first-order valence-corrected chi connectivity index (χ1v) is 18.4. The van der Waals surface area contributed by atoms with E-state index in [0.717, 1.165) is 0 Å². The van der Waals surface area contributed by atoms with Gasteiger partial charge in [0.25, 0.3) is 0 Å². The van der Waals surface area contributed by atoms with Crippen molar-refractivity contribution in [2.75, 3.05) is 14.1 Å². The van der Waals surface area contributed by atoms with E-state index in [1.807, 2.05) is 44.4 Å². The van der Waals surface area contributed by atoms with Gasteiger partial charge < -0.3 is 35.6 Å². The summed E-state index contributed by atoms with van der Waals surface area (Å²) in [5.74, 6) is 0. The van der Waals surface area contributed by atoms with Crippen LogP contribution in [0.5, 0.6) is 0 Å². The molecule has 4 heteroatoms. The van der Waals surface area contributed by atoms with Gasteiger partial charge in [0.2, 0.25) is 0 Å². The second kappa shape index (κ2) is 18.9. The molecule has 1 N–H and O–H groups in total. The predicted molar refractivity (Wildman–Crippen MR) is 204 cm³/mol. The van der Waals surface area contributed by atoms with Crippen LogP contribution >= 0.6 is 15.8 Å². The van der Waals surface area contributed by atoms with E-state index in [9.17, 15) is 0 Å². The normalized spacial score (nSPS) is 11.2. The van der Waals surface area contributed by atoms with E-state index in [-0.39, 0.29) is 17.1 Å². The van der Waals surface area contributed by atoms with E-state index >= 15 is 0 Å². The monoisotopic (exact) mass is 683 g/mol. The van der Waals surface area contributed by atoms with Gasteiger partial charge >= 0.3 is 0 Å². The first-order chi connectivity index (χ1) is 21.8. The molecule has 0 fully saturated rings. The molecule has 46 heavy (non-hydrogen) atoms. The van der Waals surface area contributed by atoms with Crippen LogP contribution in [-0.4, -0.2) is 14.1 Å². The summed E-state index contributed by atoms with van der Waals surface area (Å²) >= 11 is 0. The minimum atomic E-state index is -0.639. The van der Waals surface area contributed by atoms with Crippen LogP contribution in [0.15, 0.2) is 146 Å². The Morgan fingerprint density at radius 2 is 0.913 bits per heavy atom. The van der Waals surface area contributed by atoms with E-state index in [1.165, 1.54) is 54.3 Å². The van der Waals surface area contributed by atoms with Crippen LogP contribution in [0, 0.1) is 27.7 Å². The molecule has 6 aromatic carbocycles. The van der Waals surface area contributed by atoms with Crippen molar-refractivity contribution in [1.82, 2.24) is 5.32 Å².